The lowest BCUT2D eigenvalue weighted by atomic mass is 9.97. The number of carbonyl (C=O) groups excluding carboxylic acids is 1. The molecule has 1 aromatic carbocycles. The topological polar surface area (TPSA) is 68.0 Å². The number of amides is 1. The Balaban J connectivity index is 2.02. The Morgan fingerprint density at radius 2 is 2.00 bits per heavy atom. The first-order valence-electron chi connectivity index (χ1n) is 6.55. The van der Waals surface area contributed by atoms with E-state index in [1.54, 1.807) is 0 Å². The van der Waals surface area contributed by atoms with Crippen LogP contribution >= 0.6 is 0 Å². The Morgan fingerprint density at radius 3 is 2.60 bits per heavy atom. The number of aryl methyl sites for hydroxylation is 1. The SMILES string of the molecule is Cc1ccccc1CNC(=O)c1noc(C(C)(C)C)n1. The highest BCUT2D eigenvalue weighted by Crippen LogP contribution is 2.19. The van der Waals surface area contributed by atoms with Gasteiger partial charge in [-0.15, -0.1) is 0 Å². The zero-order chi connectivity index (χ0) is 14.8. The van der Waals surface area contributed by atoms with Crippen molar-refractivity contribution in [1.82, 2.24) is 15.5 Å². The summed E-state index contributed by atoms with van der Waals surface area (Å²) in [5.41, 5.74) is 1.94. The van der Waals surface area contributed by atoms with Gasteiger partial charge in [-0.1, -0.05) is 50.2 Å². The predicted octanol–water partition coefficient (Wildman–Crippen LogP) is 2.61. The van der Waals surface area contributed by atoms with E-state index in [-0.39, 0.29) is 17.1 Å². The predicted molar refractivity (Wildman–Crippen MR) is 75.3 cm³/mol. The molecule has 0 spiro atoms. The fourth-order valence-electron chi connectivity index (χ4n) is 1.68. The molecule has 0 bridgehead atoms. The van der Waals surface area contributed by atoms with E-state index in [9.17, 15) is 4.79 Å². The normalized spacial score (nSPS) is 11.4. The maximum absolute atomic E-state index is 12.0. The van der Waals surface area contributed by atoms with Crippen LogP contribution in [0.5, 0.6) is 0 Å². The second-order valence-electron chi connectivity index (χ2n) is 5.78. The van der Waals surface area contributed by atoms with E-state index in [1.807, 2.05) is 52.0 Å². The molecular formula is C15H19N3O2. The summed E-state index contributed by atoms with van der Waals surface area (Å²) in [4.78, 5) is 16.1. The summed E-state index contributed by atoms with van der Waals surface area (Å²) < 4.78 is 5.10. The van der Waals surface area contributed by atoms with Gasteiger partial charge < -0.3 is 9.84 Å². The lowest BCUT2D eigenvalue weighted by Crippen LogP contribution is -2.24. The molecule has 1 amide bonds. The molecule has 2 rings (SSSR count). The van der Waals surface area contributed by atoms with Crippen LogP contribution in [0.3, 0.4) is 0 Å². The molecule has 1 aromatic heterocycles. The standard InChI is InChI=1S/C15H19N3O2/c1-10-7-5-6-8-11(10)9-16-13(19)12-17-14(20-18-12)15(2,3)4/h5-8H,9H2,1-4H3,(H,16,19). The van der Waals surface area contributed by atoms with Crippen molar-refractivity contribution in [2.45, 2.75) is 39.7 Å². The zero-order valence-electron chi connectivity index (χ0n) is 12.2. The van der Waals surface area contributed by atoms with E-state index in [0.717, 1.165) is 11.1 Å². The van der Waals surface area contributed by atoms with E-state index in [2.05, 4.69) is 15.5 Å². The van der Waals surface area contributed by atoms with Gasteiger partial charge in [0.05, 0.1) is 0 Å². The van der Waals surface area contributed by atoms with Gasteiger partial charge in [0.15, 0.2) is 0 Å². The first-order chi connectivity index (χ1) is 9.38. The lowest BCUT2D eigenvalue weighted by molar-refractivity contribution is 0.0937. The molecule has 1 N–H and O–H groups in total. The molecule has 5 heteroatoms. The summed E-state index contributed by atoms with van der Waals surface area (Å²) in [6.45, 7) is 8.32. The Labute approximate surface area is 118 Å². The minimum atomic E-state index is -0.326. The number of aromatic nitrogens is 2. The van der Waals surface area contributed by atoms with Gasteiger partial charge >= 0.3 is 0 Å². The van der Waals surface area contributed by atoms with Crippen molar-refractivity contribution in [3.63, 3.8) is 0 Å². The summed E-state index contributed by atoms with van der Waals surface area (Å²) in [6.07, 6.45) is 0. The molecular weight excluding hydrogens is 254 g/mol. The fourth-order valence-corrected chi connectivity index (χ4v) is 1.68. The van der Waals surface area contributed by atoms with E-state index < -0.39 is 0 Å². The molecule has 0 atom stereocenters. The maximum Gasteiger partial charge on any atom is 0.292 e. The van der Waals surface area contributed by atoms with Gasteiger partial charge in [-0.3, -0.25) is 4.79 Å². The first kappa shape index (κ1) is 14.2. The Bertz CT molecular complexity index is 612. The molecule has 0 fully saturated rings. The van der Waals surface area contributed by atoms with Crippen molar-refractivity contribution in [3.05, 3.63) is 47.1 Å². The quantitative estimate of drug-likeness (QED) is 0.933. The minimum Gasteiger partial charge on any atom is -0.345 e. The third kappa shape index (κ3) is 3.23. The van der Waals surface area contributed by atoms with Gasteiger partial charge in [-0.2, -0.15) is 4.98 Å². The molecule has 0 saturated carbocycles. The van der Waals surface area contributed by atoms with Crippen LogP contribution in [0.2, 0.25) is 0 Å². The number of benzene rings is 1. The highest BCUT2D eigenvalue weighted by atomic mass is 16.5. The lowest BCUT2D eigenvalue weighted by Gasteiger charge is -2.10. The average molecular weight is 273 g/mol. The molecule has 106 valence electrons. The van der Waals surface area contributed by atoms with Crippen molar-refractivity contribution < 1.29 is 9.32 Å². The third-order valence-electron chi connectivity index (χ3n) is 2.97. The van der Waals surface area contributed by atoms with Crippen LogP contribution in [0.1, 0.15) is 48.4 Å². The van der Waals surface area contributed by atoms with Crippen molar-refractivity contribution in [2.24, 2.45) is 0 Å². The van der Waals surface area contributed by atoms with Crippen molar-refractivity contribution in [3.8, 4) is 0 Å². The molecule has 0 saturated heterocycles. The van der Waals surface area contributed by atoms with Gasteiger partial charge in [-0.25, -0.2) is 0 Å². The summed E-state index contributed by atoms with van der Waals surface area (Å²) in [5, 5.41) is 6.52. The van der Waals surface area contributed by atoms with Gasteiger partial charge in [0.2, 0.25) is 5.89 Å². The largest absolute Gasteiger partial charge is 0.345 e. The van der Waals surface area contributed by atoms with Crippen LogP contribution in [0.15, 0.2) is 28.8 Å². The average Bonchev–Trinajstić information content (AvgIpc) is 2.87. The van der Waals surface area contributed by atoms with Gasteiger partial charge in [0.25, 0.3) is 11.7 Å². The molecule has 0 aliphatic carbocycles. The van der Waals surface area contributed by atoms with E-state index in [4.69, 9.17) is 4.52 Å². The zero-order valence-corrected chi connectivity index (χ0v) is 12.2. The number of carbonyl (C=O) groups is 1. The number of nitrogens with zero attached hydrogens (tertiary/aromatic N) is 2. The summed E-state index contributed by atoms with van der Waals surface area (Å²) in [6, 6.07) is 7.90. The van der Waals surface area contributed by atoms with Gasteiger partial charge in [0.1, 0.15) is 0 Å². The number of rotatable bonds is 3. The van der Waals surface area contributed by atoms with Crippen molar-refractivity contribution >= 4 is 5.91 Å². The Hall–Kier alpha value is -2.17. The van der Waals surface area contributed by atoms with Crippen molar-refractivity contribution in [2.75, 3.05) is 0 Å². The van der Waals surface area contributed by atoms with Crippen LogP contribution in [-0.4, -0.2) is 16.0 Å². The van der Waals surface area contributed by atoms with Crippen LogP contribution in [-0.2, 0) is 12.0 Å². The fraction of sp³-hybridized carbons (Fsp3) is 0.400. The van der Waals surface area contributed by atoms with Gasteiger partial charge in [0, 0.05) is 12.0 Å². The van der Waals surface area contributed by atoms with Crippen molar-refractivity contribution in [1.29, 1.82) is 0 Å². The second-order valence-corrected chi connectivity index (χ2v) is 5.78. The van der Waals surface area contributed by atoms with Gasteiger partial charge in [-0.05, 0) is 18.1 Å². The number of hydrogen-bond donors (Lipinski definition) is 1. The van der Waals surface area contributed by atoms with E-state index in [0.29, 0.717) is 12.4 Å². The second kappa shape index (κ2) is 5.45. The highest BCUT2D eigenvalue weighted by Gasteiger charge is 2.24. The van der Waals surface area contributed by atoms with Crippen LogP contribution < -0.4 is 5.32 Å². The smallest absolute Gasteiger partial charge is 0.292 e. The molecule has 0 aliphatic rings. The number of nitrogens with one attached hydrogen (secondary N) is 1. The molecule has 0 unspecified atom stereocenters. The van der Waals surface area contributed by atoms with E-state index >= 15 is 0 Å². The summed E-state index contributed by atoms with van der Waals surface area (Å²) >= 11 is 0. The highest BCUT2D eigenvalue weighted by molar-refractivity contribution is 5.90. The Kier molecular flexibility index (Phi) is 3.88. The molecule has 2 aromatic rings. The third-order valence-corrected chi connectivity index (χ3v) is 2.97. The molecule has 5 nitrogen and oxygen atoms in total. The maximum atomic E-state index is 12.0. The molecule has 0 radical (unpaired) electrons. The molecule has 1 heterocycles. The monoisotopic (exact) mass is 273 g/mol. The number of hydrogen-bond acceptors (Lipinski definition) is 4. The van der Waals surface area contributed by atoms with E-state index in [1.165, 1.54) is 0 Å². The molecule has 20 heavy (non-hydrogen) atoms. The Morgan fingerprint density at radius 1 is 1.30 bits per heavy atom. The van der Waals surface area contributed by atoms with Crippen LogP contribution in [0, 0.1) is 6.92 Å². The minimum absolute atomic E-state index is 0.0727. The van der Waals surface area contributed by atoms with Crippen LogP contribution in [0.4, 0.5) is 0 Å². The van der Waals surface area contributed by atoms with Crippen LogP contribution in [0.25, 0.3) is 0 Å². The summed E-state index contributed by atoms with van der Waals surface area (Å²) in [5.74, 6) is 0.203. The molecule has 0 aliphatic heterocycles. The first-order valence-corrected chi connectivity index (χ1v) is 6.55. The summed E-state index contributed by atoms with van der Waals surface area (Å²) in [7, 11) is 0.